The van der Waals surface area contributed by atoms with Gasteiger partial charge in [-0.05, 0) is 25.8 Å². The zero-order valence-corrected chi connectivity index (χ0v) is 8.89. The van der Waals surface area contributed by atoms with E-state index in [1.165, 1.54) is 6.42 Å². The van der Waals surface area contributed by atoms with Crippen molar-refractivity contribution in [1.82, 2.24) is 5.32 Å². The van der Waals surface area contributed by atoms with Crippen molar-refractivity contribution in [2.75, 3.05) is 19.8 Å². The molecule has 0 radical (unpaired) electrons. The van der Waals surface area contributed by atoms with Crippen LogP contribution in [0, 0.1) is 5.92 Å². The van der Waals surface area contributed by atoms with Crippen LogP contribution in [-0.2, 0) is 4.74 Å². The number of ether oxygens (including phenoxy) is 1. The second-order valence-corrected chi connectivity index (χ2v) is 3.72. The topological polar surface area (TPSA) is 21.3 Å². The first-order chi connectivity index (χ1) is 5.66. The molecule has 0 rings (SSSR count). The van der Waals surface area contributed by atoms with E-state index >= 15 is 0 Å². The molecule has 0 aliphatic rings. The summed E-state index contributed by atoms with van der Waals surface area (Å²) < 4.78 is 5.50. The summed E-state index contributed by atoms with van der Waals surface area (Å²) in [5.74, 6) is 0.749. The summed E-state index contributed by atoms with van der Waals surface area (Å²) in [7, 11) is 0. The smallest absolute Gasteiger partial charge is 0.0616 e. The predicted octanol–water partition coefficient (Wildman–Crippen LogP) is 2.05. The first-order valence-corrected chi connectivity index (χ1v) is 4.98. The van der Waals surface area contributed by atoms with Gasteiger partial charge in [0.25, 0.3) is 0 Å². The third kappa shape index (κ3) is 8.02. The molecule has 74 valence electrons. The van der Waals surface area contributed by atoms with Gasteiger partial charge in [0, 0.05) is 12.6 Å². The normalized spacial score (nSPS) is 13.8. The van der Waals surface area contributed by atoms with Gasteiger partial charge in [-0.2, -0.15) is 0 Å². The van der Waals surface area contributed by atoms with Crippen molar-refractivity contribution >= 4 is 0 Å². The highest BCUT2D eigenvalue weighted by atomic mass is 16.5. The standard InChI is InChI=1S/C10H23NO/c1-5-11-10(4)8-12-7-6-9(2)3/h9-11H,5-8H2,1-4H3. The van der Waals surface area contributed by atoms with E-state index in [0.29, 0.717) is 6.04 Å². The Hall–Kier alpha value is -0.0800. The molecule has 0 bridgehead atoms. The molecule has 0 aromatic carbocycles. The van der Waals surface area contributed by atoms with E-state index in [-0.39, 0.29) is 0 Å². The van der Waals surface area contributed by atoms with Crippen LogP contribution in [-0.4, -0.2) is 25.8 Å². The van der Waals surface area contributed by atoms with Crippen LogP contribution in [0.15, 0.2) is 0 Å². The lowest BCUT2D eigenvalue weighted by Gasteiger charge is -2.13. The fraction of sp³-hybridized carbons (Fsp3) is 1.00. The van der Waals surface area contributed by atoms with Crippen molar-refractivity contribution < 1.29 is 4.74 Å². The molecule has 1 unspecified atom stereocenters. The molecule has 2 heteroatoms. The molecule has 0 heterocycles. The molecule has 0 saturated carbocycles. The SMILES string of the molecule is CCNC(C)COCCC(C)C. The van der Waals surface area contributed by atoms with Crippen LogP contribution in [0.3, 0.4) is 0 Å². The molecule has 2 nitrogen and oxygen atoms in total. The minimum atomic E-state index is 0.488. The van der Waals surface area contributed by atoms with E-state index in [2.05, 4.69) is 33.0 Å². The van der Waals surface area contributed by atoms with E-state index < -0.39 is 0 Å². The minimum absolute atomic E-state index is 0.488. The van der Waals surface area contributed by atoms with E-state index in [4.69, 9.17) is 4.74 Å². The molecule has 0 aromatic rings. The van der Waals surface area contributed by atoms with Gasteiger partial charge in [0.05, 0.1) is 6.61 Å². The molecule has 0 saturated heterocycles. The van der Waals surface area contributed by atoms with Crippen molar-refractivity contribution in [3.8, 4) is 0 Å². The largest absolute Gasteiger partial charge is 0.380 e. The first-order valence-electron chi connectivity index (χ1n) is 4.98. The van der Waals surface area contributed by atoms with Gasteiger partial charge in [0.1, 0.15) is 0 Å². The zero-order chi connectivity index (χ0) is 9.40. The molecule has 0 aliphatic heterocycles. The summed E-state index contributed by atoms with van der Waals surface area (Å²) in [6.07, 6.45) is 1.17. The Bertz CT molecular complexity index is 93.8. The fourth-order valence-electron chi connectivity index (χ4n) is 0.987. The van der Waals surface area contributed by atoms with E-state index in [1.54, 1.807) is 0 Å². The first kappa shape index (κ1) is 11.9. The monoisotopic (exact) mass is 173 g/mol. The Balaban J connectivity index is 3.08. The summed E-state index contributed by atoms with van der Waals surface area (Å²) in [6.45, 7) is 11.5. The highest BCUT2D eigenvalue weighted by Crippen LogP contribution is 1.98. The van der Waals surface area contributed by atoms with Crippen molar-refractivity contribution in [3.05, 3.63) is 0 Å². The molecule has 1 atom stereocenters. The van der Waals surface area contributed by atoms with Crippen LogP contribution >= 0.6 is 0 Å². The zero-order valence-electron chi connectivity index (χ0n) is 8.89. The number of hydrogen-bond acceptors (Lipinski definition) is 2. The fourth-order valence-corrected chi connectivity index (χ4v) is 0.987. The molecule has 0 fully saturated rings. The molecule has 0 aromatic heterocycles. The Morgan fingerprint density at radius 3 is 2.42 bits per heavy atom. The Morgan fingerprint density at radius 2 is 1.92 bits per heavy atom. The van der Waals surface area contributed by atoms with Gasteiger partial charge in [-0.15, -0.1) is 0 Å². The van der Waals surface area contributed by atoms with Gasteiger partial charge >= 0.3 is 0 Å². The lowest BCUT2D eigenvalue weighted by atomic mass is 10.1. The van der Waals surface area contributed by atoms with Crippen LogP contribution in [0.5, 0.6) is 0 Å². The third-order valence-electron chi connectivity index (χ3n) is 1.76. The second kappa shape index (κ2) is 7.56. The van der Waals surface area contributed by atoms with Gasteiger partial charge < -0.3 is 10.1 Å². The predicted molar refractivity (Wildman–Crippen MR) is 53.4 cm³/mol. The number of nitrogens with one attached hydrogen (secondary N) is 1. The highest BCUT2D eigenvalue weighted by molar-refractivity contribution is 4.56. The Labute approximate surface area is 76.7 Å². The maximum atomic E-state index is 5.50. The molecule has 0 amide bonds. The summed E-state index contributed by atoms with van der Waals surface area (Å²) in [5.41, 5.74) is 0. The van der Waals surface area contributed by atoms with E-state index in [9.17, 15) is 0 Å². The van der Waals surface area contributed by atoms with Gasteiger partial charge in [-0.1, -0.05) is 20.8 Å². The lowest BCUT2D eigenvalue weighted by Crippen LogP contribution is -2.30. The van der Waals surface area contributed by atoms with Crippen LogP contribution in [0.25, 0.3) is 0 Å². The molecular formula is C10H23NO. The highest BCUT2D eigenvalue weighted by Gasteiger charge is 1.99. The molecule has 1 N–H and O–H groups in total. The molecule has 0 aliphatic carbocycles. The summed E-state index contributed by atoms with van der Waals surface area (Å²) in [5, 5.41) is 3.31. The summed E-state index contributed by atoms with van der Waals surface area (Å²) in [4.78, 5) is 0. The Morgan fingerprint density at radius 1 is 1.25 bits per heavy atom. The van der Waals surface area contributed by atoms with Gasteiger partial charge in [-0.3, -0.25) is 0 Å². The van der Waals surface area contributed by atoms with Crippen molar-refractivity contribution in [3.63, 3.8) is 0 Å². The van der Waals surface area contributed by atoms with E-state index in [0.717, 1.165) is 25.7 Å². The van der Waals surface area contributed by atoms with Crippen LogP contribution in [0.4, 0.5) is 0 Å². The number of likely N-dealkylation sites (N-methyl/N-ethyl adjacent to an activating group) is 1. The number of hydrogen-bond donors (Lipinski definition) is 1. The second-order valence-electron chi connectivity index (χ2n) is 3.72. The van der Waals surface area contributed by atoms with Gasteiger partial charge in [0.15, 0.2) is 0 Å². The van der Waals surface area contributed by atoms with Crippen molar-refractivity contribution in [1.29, 1.82) is 0 Å². The average Bonchev–Trinajstić information content (AvgIpc) is 1.98. The summed E-state index contributed by atoms with van der Waals surface area (Å²) in [6, 6.07) is 0.488. The maximum absolute atomic E-state index is 5.50. The minimum Gasteiger partial charge on any atom is -0.380 e. The van der Waals surface area contributed by atoms with Gasteiger partial charge in [-0.25, -0.2) is 0 Å². The summed E-state index contributed by atoms with van der Waals surface area (Å²) >= 11 is 0. The Kier molecular flexibility index (Phi) is 7.51. The maximum Gasteiger partial charge on any atom is 0.0616 e. The lowest BCUT2D eigenvalue weighted by molar-refractivity contribution is 0.107. The van der Waals surface area contributed by atoms with Crippen LogP contribution < -0.4 is 5.32 Å². The van der Waals surface area contributed by atoms with Gasteiger partial charge in [0.2, 0.25) is 0 Å². The van der Waals surface area contributed by atoms with Crippen LogP contribution in [0.1, 0.15) is 34.1 Å². The van der Waals surface area contributed by atoms with Crippen LogP contribution in [0.2, 0.25) is 0 Å². The number of rotatable bonds is 7. The quantitative estimate of drug-likeness (QED) is 0.595. The molecule has 0 spiro atoms. The van der Waals surface area contributed by atoms with Crippen molar-refractivity contribution in [2.45, 2.75) is 40.2 Å². The molecule has 12 heavy (non-hydrogen) atoms. The third-order valence-corrected chi connectivity index (χ3v) is 1.76. The molecular weight excluding hydrogens is 150 g/mol. The van der Waals surface area contributed by atoms with Crippen molar-refractivity contribution in [2.24, 2.45) is 5.92 Å². The average molecular weight is 173 g/mol. The van der Waals surface area contributed by atoms with E-state index in [1.807, 2.05) is 0 Å².